The highest BCUT2D eigenvalue weighted by atomic mass is 35.5. The fraction of sp³-hybridized carbons (Fsp3) is 0.250. The molecule has 0 aliphatic heterocycles. The third-order valence-corrected chi connectivity index (χ3v) is 4.46. The second-order valence-corrected chi connectivity index (χ2v) is 4.99. The molecule has 0 bridgehead atoms. The van der Waals surface area contributed by atoms with E-state index in [1.807, 2.05) is 0 Å². The molecule has 0 heterocycles. The molecule has 90 valence electrons. The van der Waals surface area contributed by atoms with Crippen LogP contribution in [-0.4, -0.2) is 6.26 Å². The van der Waals surface area contributed by atoms with Crippen molar-refractivity contribution in [3.63, 3.8) is 0 Å². The maximum absolute atomic E-state index is 12.6. The zero-order chi connectivity index (χ0) is 12.7. The Morgan fingerprint density at radius 1 is 0.875 bits per heavy atom. The minimum absolute atomic E-state index is 0.228. The lowest BCUT2D eigenvalue weighted by Crippen LogP contribution is -2.08. The van der Waals surface area contributed by atoms with Crippen LogP contribution in [0.4, 0.5) is 13.2 Å². The van der Waals surface area contributed by atoms with E-state index in [-0.39, 0.29) is 14.9 Å². The van der Waals surface area contributed by atoms with Crippen LogP contribution < -0.4 is 0 Å². The summed E-state index contributed by atoms with van der Waals surface area (Å²) in [6, 6.07) is 0. The molecule has 0 fully saturated rings. The molecule has 0 unspecified atom stereocenters. The van der Waals surface area contributed by atoms with Gasteiger partial charge in [0.15, 0.2) is 0 Å². The predicted molar refractivity (Wildman–Crippen MR) is 63.3 cm³/mol. The van der Waals surface area contributed by atoms with Gasteiger partial charge < -0.3 is 0 Å². The number of alkyl halides is 3. The molecule has 0 atom stereocenters. The molecule has 0 spiro atoms. The van der Waals surface area contributed by atoms with Crippen molar-refractivity contribution in [1.29, 1.82) is 0 Å². The summed E-state index contributed by atoms with van der Waals surface area (Å²) >= 11 is 23.5. The van der Waals surface area contributed by atoms with Crippen LogP contribution in [0.3, 0.4) is 0 Å². The number of hydrogen-bond acceptors (Lipinski definition) is 1. The van der Waals surface area contributed by atoms with Crippen LogP contribution in [0, 0.1) is 0 Å². The second-order valence-electron chi connectivity index (χ2n) is 2.66. The molecule has 0 radical (unpaired) electrons. The van der Waals surface area contributed by atoms with Gasteiger partial charge in [0.2, 0.25) is 0 Å². The standard InChI is InChI=1S/C8H3Cl4F3S/c1-16-7-5(11)3(9)2(8(13,14)15)4(10)6(7)12/h1H3. The highest BCUT2D eigenvalue weighted by Gasteiger charge is 2.39. The van der Waals surface area contributed by atoms with Crippen molar-refractivity contribution in [3.8, 4) is 0 Å². The van der Waals surface area contributed by atoms with Crippen molar-refractivity contribution < 1.29 is 13.2 Å². The Hall–Kier alpha value is 0.520. The van der Waals surface area contributed by atoms with E-state index in [1.54, 1.807) is 6.26 Å². The zero-order valence-electron chi connectivity index (χ0n) is 7.55. The van der Waals surface area contributed by atoms with Gasteiger partial charge in [0.25, 0.3) is 0 Å². The molecule has 0 aliphatic carbocycles. The first-order chi connectivity index (χ1) is 7.21. The van der Waals surface area contributed by atoms with Crippen LogP contribution in [0.5, 0.6) is 0 Å². The summed E-state index contributed by atoms with van der Waals surface area (Å²) in [5.74, 6) is 0. The first kappa shape index (κ1) is 14.6. The van der Waals surface area contributed by atoms with Crippen LogP contribution >= 0.6 is 58.2 Å². The molecule has 0 nitrogen and oxygen atoms in total. The molecule has 8 heteroatoms. The molecule has 0 aromatic heterocycles. The van der Waals surface area contributed by atoms with Crippen molar-refractivity contribution in [2.24, 2.45) is 0 Å². The minimum Gasteiger partial charge on any atom is -0.166 e. The summed E-state index contributed by atoms with van der Waals surface area (Å²) < 4.78 is 37.8. The normalized spacial score (nSPS) is 12.0. The van der Waals surface area contributed by atoms with Gasteiger partial charge in [-0.3, -0.25) is 0 Å². The van der Waals surface area contributed by atoms with Gasteiger partial charge in [-0.2, -0.15) is 13.2 Å². The number of rotatable bonds is 1. The Balaban J connectivity index is 3.67. The summed E-state index contributed by atoms with van der Waals surface area (Å²) in [6.45, 7) is 0. The molecule has 0 N–H and O–H groups in total. The van der Waals surface area contributed by atoms with Gasteiger partial charge in [-0.1, -0.05) is 46.4 Å². The Morgan fingerprint density at radius 3 is 1.50 bits per heavy atom. The first-order valence-electron chi connectivity index (χ1n) is 3.69. The largest absolute Gasteiger partial charge is 0.419 e. The molecule has 0 saturated carbocycles. The maximum Gasteiger partial charge on any atom is 0.419 e. The molecule has 1 aromatic rings. The lowest BCUT2D eigenvalue weighted by molar-refractivity contribution is -0.137. The average Bonchev–Trinajstić information content (AvgIpc) is 2.14. The van der Waals surface area contributed by atoms with E-state index in [2.05, 4.69) is 0 Å². The van der Waals surface area contributed by atoms with Crippen molar-refractivity contribution in [1.82, 2.24) is 0 Å². The van der Waals surface area contributed by atoms with Crippen molar-refractivity contribution >= 4 is 58.2 Å². The number of benzene rings is 1. The Morgan fingerprint density at radius 2 is 1.25 bits per heavy atom. The Kier molecular flexibility index (Phi) is 4.58. The molecule has 0 aliphatic rings. The molecule has 16 heavy (non-hydrogen) atoms. The molecule has 1 rings (SSSR count). The smallest absolute Gasteiger partial charge is 0.166 e. The number of hydrogen-bond donors (Lipinski definition) is 0. The van der Waals surface area contributed by atoms with Gasteiger partial charge in [-0.25, -0.2) is 0 Å². The summed E-state index contributed by atoms with van der Waals surface area (Å²) in [5.41, 5.74) is -1.20. The monoisotopic (exact) mass is 328 g/mol. The van der Waals surface area contributed by atoms with Gasteiger partial charge in [0.1, 0.15) is 0 Å². The topological polar surface area (TPSA) is 0 Å². The fourth-order valence-electron chi connectivity index (χ4n) is 1.04. The molecular formula is C8H3Cl4F3S. The van der Waals surface area contributed by atoms with E-state index in [1.165, 1.54) is 0 Å². The highest BCUT2D eigenvalue weighted by Crippen LogP contribution is 2.50. The van der Waals surface area contributed by atoms with Gasteiger partial charge in [0, 0.05) is 4.90 Å². The number of thioether (sulfide) groups is 1. The van der Waals surface area contributed by atoms with E-state index < -0.39 is 21.8 Å². The van der Waals surface area contributed by atoms with E-state index in [4.69, 9.17) is 46.4 Å². The predicted octanol–water partition coefficient (Wildman–Crippen LogP) is 6.04. The van der Waals surface area contributed by atoms with Gasteiger partial charge in [-0.05, 0) is 6.26 Å². The summed E-state index contributed by atoms with van der Waals surface area (Å²) in [5, 5.41) is -1.74. The lowest BCUT2D eigenvalue weighted by Gasteiger charge is -2.16. The third kappa shape index (κ3) is 2.51. The summed E-state index contributed by atoms with van der Waals surface area (Å²) in [7, 11) is 0. The minimum atomic E-state index is -4.70. The van der Waals surface area contributed by atoms with Gasteiger partial charge in [0.05, 0.1) is 25.7 Å². The molecule has 0 saturated heterocycles. The Labute approximate surface area is 114 Å². The van der Waals surface area contributed by atoms with Crippen molar-refractivity contribution in [3.05, 3.63) is 25.7 Å². The quantitative estimate of drug-likeness (QED) is 0.447. The second kappa shape index (κ2) is 5.02. The molecule has 0 amide bonds. The maximum atomic E-state index is 12.6. The van der Waals surface area contributed by atoms with E-state index in [0.29, 0.717) is 0 Å². The number of halogens is 7. The van der Waals surface area contributed by atoms with Crippen molar-refractivity contribution in [2.75, 3.05) is 6.26 Å². The van der Waals surface area contributed by atoms with Crippen LogP contribution in [0.15, 0.2) is 4.90 Å². The fourth-order valence-corrected chi connectivity index (χ4v) is 3.24. The van der Waals surface area contributed by atoms with Crippen molar-refractivity contribution in [2.45, 2.75) is 11.1 Å². The summed E-state index contributed by atoms with van der Waals surface area (Å²) in [4.78, 5) is 0.228. The molecule has 1 aromatic carbocycles. The summed E-state index contributed by atoms with van der Waals surface area (Å²) in [6.07, 6.45) is -3.09. The third-order valence-electron chi connectivity index (χ3n) is 1.71. The first-order valence-corrected chi connectivity index (χ1v) is 6.42. The zero-order valence-corrected chi connectivity index (χ0v) is 11.4. The average molecular weight is 330 g/mol. The van der Waals surface area contributed by atoms with E-state index in [0.717, 1.165) is 11.8 Å². The highest BCUT2D eigenvalue weighted by molar-refractivity contribution is 7.98. The van der Waals surface area contributed by atoms with Gasteiger partial charge >= 0.3 is 6.18 Å². The van der Waals surface area contributed by atoms with Crippen LogP contribution in [-0.2, 0) is 6.18 Å². The molecular weight excluding hydrogens is 327 g/mol. The van der Waals surface area contributed by atoms with E-state index in [9.17, 15) is 13.2 Å². The SMILES string of the molecule is CSc1c(Cl)c(Cl)c(C(F)(F)F)c(Cl)c1Cl. The Bertz CT molecular complexity index is 401. The lowest BCUT2D eigenvalue weighted by atomic mass is 10.2. The van der Waals surface area contributed by atoms with Crippen LogP contribution in [0.25, 0.3) is 0 Å². The van der Waals surface area contributed by atoms with Crippen LogP contribution in [0.2, 0.25) is 20.1 Å². The van der Waals surface area contributed by atoms with Crippen LogP contribution in [0.1, 0.15) is 5.56 Å². The van der Waals surface area contributed by atoms with E-state index >= 15 is 0 Å². The van der Waals surface area contributed by atoms with Gasteiger partial charge in [-0.15, -0.1) is 11.8 Å².